The Hall–Kier alpha value is -2.65. The predicted molar refractivity (Wildman–Crippen MR) is 116 cm³/mol. The van der Waals surface area contributed by atoms with Gasteiger partial charge in [0.2, 0.25) is 11.7 Å². The van der Waals surface area contributed by atoms with Crippen LogP contribution < -0.4 is 24.3 Å². The summed E-state index contributed by atoms with van der Waals surface area (Å²) in [5.41, 5.74) is 1.46. The molecule has 9 heteroatoms. The minimum Gasteiger partial charge on any atom is -0.494 e. The number of thioether (sulfide) groups is 1. The van der Waals surface area contributed by atoms with E-state index in [0.29, 0.717) is 29.5 Å². The molecule has 3 aromatic rings. The monoisotopic (exact) mass is 434 g/mol. The van der Waals surface area contributed by atoms with E-state index in [9.17, 15) is 4.79 Å². The third kappa shape index (κ3) is 5.04. The Kier molecular flexibility index (Phi) is 7.05. The van der Waals surface area contributed by atoms with Gasteiger partial charge in [-0.1, -0.05) is 11.8 Å². The molecule has 0 atom stereocenters. The third-order valence-corrected chi connectivity index (χ3v) is 6.09. The van der Waals surface area contributed by atoms with Gasteiger partial charge in [-0.3, -0.25) is 4.79 Å². The molecule has 1 heterocycles. The van der Waals surface area contributed by atoms with Crippen molar-refractivity contribution in [3.8, 4) is 23.0 Å². The van der Waals surface area contributed by atoms with E-state index in [1.807, 2.05) is 25.1 Å². The average Bonchev–Trinajstić information content (AvgIpc) is 3.14. The molecule has 1 aromatic heterocycles. The molecule has 0 fully saturated rings. The van der Waals surface area contributed by atoms with Gasteiger partial charge in [-0.2, -0.15) is 0 Å². The molecule has 0 aliphatic rings. The molecular formula is C20H22N2O5S2. The number of methoxy groups -OCH3 is 3. The van der Waals surface area contributed by atoms with Crippen molar-refractivity contribution in [2.24, 2.45) is 0 Å². The molecule has 3 rings (SSSR count). The molecule has 0 saturated carbocycles. The number of rotatable bonds is 9. The van der Waals surface area contributed by atoms with E-state index < -0.39 is 0 Å². The SMILES string of the molecule is CCOc1ccc2nc(SCC(=O)Nc3cc(OC)c(OC)c(OC)c3)sc2c1. The molecule has 0 unspecified atom stereocenters. The van der Waals surface area contributed by atoms with Gasteiger partial charge in [-0.15, -0.1) is 11.3 Å². The lowest BCUT2D eigenvalue weighted by atomic mass is 10.2. The molecule has 154 valence electrons. The lowest BCUT2D eigenvalue weighted by Crippen LogP contribution is -2.14. The van der Waals surface area contributed by atoms with Crippen LogP contribution in [0.5, 0.6) is 23.0 Å². The zero-order valence-corrected chi connectivity index (χ0v) is 18.2. The summed E-state index contributed by atoms with van der Waals surface area (Å²) in [4.78, 5) is 17.0. The molecule has 0 saturated heterocycles. The Bertz CT molecular complexity index is 981. The quantitative estimate of drug-likeness (QED) is 0.498. The largest absolute Gasteiger partial charge is 0.494 e. The number of nitrogens with zero attached hydrogens (tertiary/aromatic N) is 1. The first kappa shape index (κ1) is 21.1. The van der Waals surface area contributed by atoms with Crippen molar-refractivity contribution in [2.75, 3.05) is 39.0 Å². The van der Waals surface area contributed by atoms with Gasteiger partial charge in [-0.05, 0) is 25.1 Å². The summed E-state index contributed by atoms with van der Waals surface area (Å²) in [5.74, 6) is 2.33. The van der Waals surface area contributed by atoms with E-state index in [2.05, 4.69) is 10.3 Å². The number of amides is 1. The summed E-state index contributed by atoms with van der Waals surface area (Å²) in [7, 11) is 4.59. The molecule has 0 aliphatic heterocycles. The second-order valence-corrected chi connectivity index (χ2v) is 8.05. The van der Waals surface area contributed by atoms with E-state index in [1.54, 1.807) is 12.1 Å². The number of nitrogens with one attached hydrogen (secondary N) is 1. The van der Waals surface area contributed by atoms with E-state index in [4.69, 9.17) is 18.9 Å². The van der Waals surface area contributed by atoms with Gasteiger partial charge in [-0.25, -0.2) is 4.98 Å². The number of anilines is 1. The highest BCUT2D eigenvalue weighted by Crippen LogP contribution is 2.40. The van der Waals surface area contributed by atoms with E-state index >= 15 is 0 Å². The zero-order chi connectivity index (χ0) is 20.8. The molecule has 2 aromatic carbocycles. The highest BCUT2D eigenvalue weighted by molar-refractivity contribution is 8.01. The maximum absolute atomic E-state index is 12.4. The van der Waals surface area contributed by atoms with Crippen molar-refractivity contribution >= 4 is 44.9 Å². The maximum Gasteiger partial charge on any atom is 0.234 e. The summed E-state index contributed by atoms with van der Waals surface area (Å²) in [5, 5.41) is 2.85. The standard InChI is InChI=1S/C20H22N2O5S2/c1-5-27-13-6-7-14-17(10-13)29-20(22-14)28-11-18(23)21-12-8-15(24-2)19(26-4)16(9-12)25-3/h6-10H,5,11H2,1-4H3,(H,21,23). The number of aromatic nitrogens is 1. The molecule has 0 radical (unpaired) electrons. The molecular weight excluding hydrogens is 412 g/mol. The van der Waals surface area contributed by atoms with Crippen LogP contribution >= 0.6 is 23.1 Å². The van der Waals surface area contributed by atoms with E-state index in [0.717, 1.165) is 20.3 Å². The van der Waals surface area contributed by atoms with Gasteiger partial charge >= 0.3 is 0 Å². The summed E-state index contributed by atoms with van der Waals surface area (Å²) in [6.45, 7) is 2.57. The minimum atomic E-state index is -0.154. The van der Waals surface area contributed by atoms with Crippen molar-refractivity contribution in [1.29, 1.82) is 0 Å². The van der Waals surface area contributed by atoms with Crippen LogP contribution in [-0.2, 0) is 4.79 Å². The molecule has 0 aliphatic carbocycles. The van der Waals surface area contributed by atoms with Crippen molar-refractivity contribution in [3.63, 3.8) is 0 Å². The van der Waals surface area contributed by atoms with Crippen molar-refractivity contribution in [2.45, 2.75) is 11.3 Å². The maximum atomic E-state index is 12.4. The molecule has 1 amide bonds. The van der Waals surface area contributed by atoms with Crippen LogP contribution in [0.2, 0.25) is 0 Å². The Morgan fingerprint density at radius 2 is 1.83 bits per heavy atom. The van der Waals surface area contributed by atoms with Gasteiger partial charge in [0.15, 0.2) is 15.8 Å². The fourth-order valence-corrected chi connectivity index (χ4v) is 4.58. The number of fused-ring (bicyclic) bond motifs is 1. The highest BCUT2D eigenvalue weighted by atomic mass is 32.2. The number of benzene rings is 2. The first-order valence-corrected chi connectivity index (χ1v) is 10.6. The Morgan fingerprint density at radius 1 is 1.10 bits per heavy atom. The number of ether oxygens (including phenoxy) is 4. The van der Waals surface area contributed by atoms with Crippen molar-refractivity contribution < 1.29 is 23.7 Å². The Labute approximate surface area is 177 Å². The van der Waals surface area contributed by atoms with Gasteiger partial charge in [0.05, 0.1) is 43.9 Å². The van der Waals surface area contributed by atoms with Crippen LogP contribution in [0.4, 0.5) is 5.69 Å². The van der Waals surface area contributed by atoms with Gasteiger partial charge in [0, 0.05) is 17.8 Å². The van der Waals surface area contributed by atoms with Crippen LogP contribution in [-0.4, -0.2) is 44.6 Å². The van der Waals surface area contributed by atoms with Crippen LogP contribution in [0.1, 0.15) is 6.92 Å². The number of hydrogen-bond acceptors (Lipinski definition) is 8. The van der Waals surface area contributed by atoms with Crippen LogP contribution in [0.15, 0.2) is 34.7 Å². The molecule has 7 nitrogen and oxygen atoms in total. The van der Waals surface area contributed by atoms with Crippen molar-refractivity contribution in [3.05, 3.63) is 30.3 Å². The smallest absolute Gasteiger partial charge is 0.234 e. The van der Waals surface area contributed by atoms with Gasteiger partial charge in [0.25, 0.3) is 0 Å². The highest BCUT2D eigenvalue weighted by Gasteiger charge is 2.15. The lowest BCUT2D eigenvalue weighted by molar-refractivity contribution is -0.113. The number of carbonyl (C=O) groups excluding carboxylic acids is 1. The minimum absolute atomic E-state index is 0.154. The van der Waals surface area contributed by atoms with Gasteiger partial charge < -0.3 is 24.3 Å². The first-order chi connectivity index (χ1) is 14.1. The third-order valence-electron chi connectivity index (χ3n) is 3.93. The Balaban J connectivity index is 1.66. The lowest BCUT2D eigenvalue weighted by Gasteiger charge is -2.14. The van der Waals surface area contributed by atoms with Crippen LogP contribution in [0.25, 0.3) is 10.2 Å². The summed E-state index contributed by atoms with van der Waals surface area (Å²) >= 11 is 2.93. The second-order valence-electron chi connectivity index (χ2n) is 5.79. The summed E-state index contributed by atoms with van der Waals surface area (Å²) < 4.78 is 23.3. The molecule has 0 spiro atoms. The number of carbonyl (C=O) groups is 1. The summed E-state index contributed by atoms with van der Waals surface area (Å²) in [6.07, 6.45) is 0. The molecule has 29 heavy (non-hydrogen) atoms. The topological polar surface area (TPSA) is 78.9 Å². The van der Waals surface area contributed by atoms with Gasteiger partial charge in [0.1, 0.15) is 5.75 Å². The van der Waals surface area contributed by atoms with E-state index in [-0.39, 0.29) is 11.7 Å². The fourth-order valence-electron chi connectivity index (χ4n) is 2.68. The molecule has 1 N–H and O–H groups in total. The van der Waals surface area contributed by atoms with Crippen molar-refractivity contribution in [1.82, 2.24) is 4.98 Å². The zero-order valence-electron chi connectivity index (χ0n) is 16.6. The number of hydrogen-bond donors (Lipinski definition) is 1. The second kappa shape index (κ2) is 9.71. The van der Waals surface area contributed by atoms with Crippen LogP contribution in [0.3, 0.4) is 0 Å². The summed E-state index contributed by atoms with van der Waals surface area (Å²) in [6, 6.07) is 9.18. The predicted octanol–water partition coefficient (Wildman–Crippen LogP) is 4.45. The number of thiazole rings is 1. The van der Waals surface area contributed by atoms with E-state index in [1.165, 1.54) is 44.4 Å². The normalized spacial score (nSPS) is 10.6. The first-order valence-electron chi connectivity index (χ1n) is 8.84. The molecule has 0 bridgehead atoms. The Morgan fingerprint density at radius 3 is 2.45 bits per heavy atom. The van der Waals surface area contributed by atoms with Crippen LogP contribution in [0, 0.1) is 0 Å². The average molecular weight is 435 g/mol. The fraction of sp³-hybridized carbons (Fsp3) is 0.300.